The molecular formula is C19H33N. The van der Waals surface area contributed by atoms with E-state index in [9.17, 15) is 0 Å². The van der Waals surface area contributed by atoms with Gasteiger partial charge < -0.3 is 0 Å². The number of fused-ring (bicyclic) bond motifs is 2. The predicted molar refractivity (Wildman–Crippen MR) is 89.0 cm³/mol. The fourth-order valence-electron chi connectivity index (χ4n) is 3.84. The highest BCUT2D eigenvalue weighted by Gasteiger charge is 2.33. The predicted octanol–water partition coefficient (Wildman–Crippen LogP) is 5.48. The molecule has 0 saturated carbocycles. The number of nitrogens with zero attached hydrogens (tertiary/aromatic N) is 1. The first-order valence-corrected chi connectivity index (χ1v) is 8.83. The minimum atomic E-state index is 0.772. The first-order valence-electron chi connectivity index (χ1n) is 8.83. The number of unbranched alkanes of at least 4 members (excludes halogenated alkanes) is 7. The van der Waals surface area contributed by atoms with Crippen LogP contribution in [-0.4, -0.2) is 24.0 Å². The Morgan fingerprint density at radius 1 is 1.10 bits per heavy atom. The van der Waals surface area contributed by atoms with Gasteiger partial charge in [-0.1, -0.05) is 49.8 Å². The van der Waals surface area contributed by atoms with E-state index in [0.717, 1.165) is 12.1 Å². The molecule has 0 spiro atoms. The Hall–Kier alpha value is -0.560. The van der Waals surface area contributed by atoms with E-state index in [1.165, 1.54) is 77.0 Å². The van der Waals surface area contributed by atoms with E-state index in [1.54, 1.807) is 5.57 Å². The van der Waals surface area contributed by atoms with Crippen molar-refractivity contribution in [3.8, 4) is 0 Å². The number of hydrogen-bond donors (Lipinski definition) is 0. The summed E-state index contributed by atoms with van der Waals surface area (Å²) in [5.74, 6) is 0. The largest absolute Gasteiger partial charge is 0.297 e. The van der Waals surface area contributed by atoms with Crippen molar-refractivity contribution in [3.63, 3.8) is 0 Å². The fraction of sp³-hybridized carbons (Fsp3) is 0.789. The highest BCUT2D eigenvalue weighted by Crippen LogP contribution is 2.34. The van der Waals surface area contributed by atoms with Crippen LogP contribution in [0.1, 0.15) is 77.0 Å². The minimum Gasteiger partial charge on any atom is -0.297 e. The topological polar surface area (TPSA) is 3.24 Å². The van der Waals surface area contributed by atoms with E-state index >= 15 is 0 Å². The Balaban J connectivity index is 1.48. The Morgan fingerprint density at radius 3 is 2.50 bits per heavy atom. The van der Waals surface area contributed by atoms with Crippen molar-refractivity contribution in [2.24, 2.45) is 0 Å². The monoisotopic (exact) mass is 275 g/mol. The maximum Gasteiger partial charge on any atom is 0.0281 e. The van der Waals surface area contributed by atoms with Crippen LogP contribution in [0, 0.1) is 0 Å². The molecule has 2 bridgehead atoms. The van der Waals surface area contributed by atoms with Crippen LogP contribution in [-0.2, 0) is 0 Å². The van der Waals surface area contributed by atoms with Gasteiger partial charge in [-0.25, -0.2) is 0 Å². The lowest BCUT2D eigenvalue weighted by Crippen LogP contribution is -2.34. The summed E-state index contributed by atoms with van der Waals surface area (Å²) in [6, 6.07) is 1.64. The second-order valence-electron chi connectivity index (χ2n) is 6.80. The van der Waals surface area contributed by atoms with Crippen LogP contribution in [0.25, 0.3) is 0 Å². The highest BCUT2D eigenvalue weighted by atomic mass is 15.2. The van der Waals surface area contributed by atoms with Crippen molar-refractivity contribution in [2.45, 2.75) is 89.1 Å². The first kappa shape index (κ1) is 15.8. The molecule has 1 heteroatoms. The average molecular weight is 275 g/mol. The van der Waals surface area contributed by atoms with Crippen LogP contribution in [0.5, 0.6) is 0 Å². The summed E-state index contributed by atoms with van der Waals surface area (Å²) in [4.78, 5) is 2.59. The third-order valence-corrected chi connectivity index (χ3v) is 5.23. The summed E-state index contributed by atoms with van der Waals surface area (Å²) >= 11 is 0. The van der Waals surface area contributed by atoms with Crippen molar-refractivity contribution in [2.75, 3.05) is 7.05 Å². The number of likely N-dealkylation sites (N-methyl/N-ethyl adjacent to an activating group) is 1. The molecule has 2 aliphatic heterocycles. The van der Waals surface area contributed by atoms with E-state index in [0.29, 0.717) is 0 Å². The van der Waals surface area contributed by atoms with Gasteiger partial charge in [-0.15, -0.1) is 6.58 Å². The molecule has 1 fully saturated rings. The van der Waals surface area contributed by atoms with Crippen molar-refractivity contribution < 1.29 is 0 Å². The van der Waals surface area contributed by atoms with E-state index in [4.69, 9.17) is 0 Å². The first-order chi connectivity index (χ1) is 9.81. The lowest BCUT2D eigenvalue weighted by Gasteiger charge is -2.30. The number of hydrogen-bond acceptors (Lipinski definition) is 1. The Labute approximate surface area is 126 Å². The molecule has 2 atom stereocenters. The van der Waals surface area contributed by atoms with Crippen molar-refractivity contribution >= 4 is 0 Å². The van der Waals surface area contributed by atoms with Gasteiger partial charge in [0.25, 0.3) is 0 Å². The zero-order chi connectivity index (χ0) is 14.2. The third kappa shape index (κ3) is 4.77. The lowest BCUT2D eigenvalue weighted by atomic mass is 9.96. The van der Waals surface area contributed by atoms with Crippen LogP contribution in [0.15, 0.2) is 24.3 Å². The van der Waals surface area contributed by atoms with Gasteiger partial charge in [0.15, 0.2) is 0 Å². The van der Waals surface area contributed by atoms with Gasteiger partial charge in [0.05, 0.1) is 0 Å². The molecule has 2 rings (SSSR count). The molecule has 0 aromatic rings. The molecule has 0 aromatic carbocycles. The summed E-state index contributed by atoms with van der Waals surface area (Å²) in [5, 5.41) is 0. The van der Waals surface area contributed by atoms with Gasteiger partial charge in [-0.3, -0.25) is 4.90 Å². The van der Waals surface area contributed by atoms with Crippen LogP contribution < -0.4 is 0 Å². The van der Waals surface area contributed by atoms with Gasteiger partial charge in [0, 0.05) is 12.1 Å². The minimum absolute atomic E-state index is 0.772. The van der Waals surface area contributed by atoms with Crippen LogP contribution in [0.4, 0.5) is 0 Å². The maximum absolute atomic E-state index is 3.77. The SMILES string of the molecule is C=CCCCCCCCCCC1=CC2CCC(C1)N2C. The van der Waals surface area contributed by atoms with Crippen LogP contribution >= 0.6 is 0 Å². The quantitative estimate of drug-likeness (QED) is 0.377. The molecule has 0 amide bonds. The van der Waals surface area contributed by atoms with E-state index in [1.807, 2.05) is 6.08 Å². The Bertz CT molecular complexity index is 318. The third-order valence-electron chi connectivity index (χ3n) is 5.23. The molecule has 2 aliphatic rings. The highest BCUT2D eigenvalue weighted by molar-refractivity contribution is 5.17. The summed E-state index contributed by atoms with van der Waals surface area (Å²) < 4.78 is 0. The van der Waals surface area contributed by atoms with Gasteiger partial charge in [0.2, 0.25) is 0 Å². The summed E-state index contributed by atoms with van der Waals surface area (Å²) in [6.45, 7) is 3.77. The van der Waals surface area contributed by atoms with E-state index in [2.05, 4.69) is 24.6 Å². The molecule has 114 valence electrons. The van der Waals surface area contributed by atoms with Crippen molar-refractivity contribution in [3.05, 3.63) is 24.3 Å². The lowest BCUT2D eigenvalue weighted by molar-refractivity contribution is 0.252. The molecule has 2 heterocycles. The van der Waals surface area contributed by atoms with Gasteiger partial charge in [-0.05, 0) is 52.0 Å². The van der Waals surface area contributed by atoms with E-state index in [-0.39, 0.29) is 0 Å². The van der Waals surface area contributed by atoms with E-state index < -0.39 is 0 Å². The molecule has 2 unspecified atom stereocenters. The second kappa shape index (κ2) is 8.67. The summed E-state index contributed by atoms with van der Waals surface area (Å²) in [6.07, 6.45) is 21.3. The Kier molecular flexibility index (Phi) is 6.86. The zero-order valence-electron chi connectivity index (χ0n) is 13.4. The van der Waals surface area contributed by atoms with Gasteiger partial charge in [-0.2, -0.15) is 0 Å². The van der Waals surface area contributed by atoms with Crippen molar-refractivity contribution in [1.29, 1.82) is 0 Å². The van der Waals surface area contributed by atoms with Crippen LogP contribution in [0.3, 0.4) is 0 Å². The Morgan fingerprint density at radius 2 is 1.80 bits per heavy atom. The zero-order valence-corrected chi connectivity index (χ0v) is 13.4. The van der Waals surface area contributed by atoms with Gasteiger partial charge in [0.1, 0.15) is 0 Å². The van der Waals surface area contributed by atoms with Gasteiger partial charge >= 0.3 is 0 Å². The normalized spacial score (nSPS) is 25.8. The molecule has 0 aromatic heterocycles. The molecular weight excluding hydrogens is 242 g/mol. The molecule has 1 nitrogen and oxygen atoms in total. The number of allylic oxidation sites excluding steroid dienone is 1. The van der Waals surface area contributed by atoms with Crippen LogP contribution in [0.2, 0.25) is 0 Å². The maximum atomic E-state index is 3.77. The molecule has 20 heavy (non-hydrogen) atoms. The fourth-order valence-corrected chi connectivity index (χ4v) is 3.84. The summed E-state index contributed by atoms with van der Waals surface area (Å²) in [5.41, 5.74) is 1.77. The average Bonchev–Trinajstić information content (AvgIpc) is 2.67. The number of rotatable bonds is 10. The molecule has 1 saturated heterocycles. The van der Waals surface area contributed by atoms with Crippen molar-refractivity contribution in [1.82, 2.24) is 4.90 Å². The molecule has 0 N–H and O–H groups in total. The second-order valence-corrected chi connectivity index (χ2v) is 6.80. The summed E-state index contributed by atoms with van der Waals surface area (Å²) in [7, 11) is 2.31. The molecule has 0 radical (unpaired) electrons. The molecule has 0 aliphatic carbocycles. The standard InChI is InChI=1S/C19H33N/c1-3-4-5-6-7-8-9-10-11-12-17-15-18-13-14-19(16-17)20(18)2/h3,15,18-19H,1,4-14,16H2,2H3. The smallest absolute Gasteiger partial charge is 0.0281 e.